The van der Waals surface area contributed by atoms with Crippen molar-refractivity contribution in [3.8, 4) is 0 Å². The maximum Gasteiger partial charge on any atom is 0.153 e. The van der Waals surface area contributed by atoms with E-state index >= 15 is 0 Å². The molecule has 0 unspecified atom stereocenters. The molecule has 0 atom stereocenters. The summed E-state index contributed by atoms with van der Waals surface area (Å²) in [5.74, 6) is 1.89. The van der Waals surface area contributed by atoms with E-state index in [0.29, 0.717) is 5.41 Å². The van der Waals surface area contributed by atoms with Crippen LogP contribution in [0.4, 0.5) is 5.82 Å². The Hall–Kier alpha value is -1.10. The predicted molar refractivity (Wildman–Crippen MR) is 78.2 cm³/mol. The maximum atomic E-state index is 4.47. The number of rotatable bonds is 4. The van der Waals surface area contributed by atoms with E-state index in [1.807, 2.05) is 16.9 Å². The third-order valence-corrected chi connectivity index (χ3v) is 5.44. The highest BCUT2D eigenvalue weighted by Crippen LogP contribution is 2.58. The number of halogens is 1. The van der Waals surface area contributed by atoms with E-state index in [4.69, 9.17) is 0 Å². The number of fused-ring (bicyclic) bond motifs is 1. The van der Waals surface area contributed by atoms with Gasteiger partial charge in [0.05, 0.1) is 10.7 Å². The van der Waals surface area contributed by atoms with Gasteiger partial charge in [-0.15, -0.1) is 0 Å². The minimum Gasteiger partial charge on any atom is -0.368 e. The van der Waals surface area contributed by atoms with E-state index in [1.165, 1.54) is 32.1 Å². The molecular weight excluding hydrogens is 304 g/mol. The first kappa shape index (κ1) is 11.7. The standard InChI is InChI=1S/C14H17BrN4/c15-11-8-18-19-7-6-16-13(12(11)19)17-9-14(4-5-14)10-2-1-3-10/h6-8,10H,1-5,9H2,(H,16,17). The van der Waals surface area contributed by atoms with Gasteiger partial charge in [-0.3, -0.25) is 0 Å². The quantitative estimate of drug-likeness (QED) is 0.937. The first-order valence-corrected chi connectivity index (χ1v) is 7.80. The van der Waals surface area contributed by atoms with Gasteiger partial charge in [0, 0.05) is 18.9 Å². The van der Waals surface area contributed by atoms with Crippen molar-refractivity contribution in [2.75, 3.05) is 11.9 Å². The van der Waals surface area contributed by atoms with Crippen LogP contribution in [-0.2, 0) is 0 Å². The third-order valence-electron chi connectivity index (χ3n) is 4.86. The third kappa shape index (κ3) is 1.86. The summed E-state index contributed by atoms with van der Waals surface area (Å²) >= 11 is 3.54. The summed E-state index contributed by atoms with van der Waals surface area (Å²) in [7, 11) is 0. The summed E-state index contributed by atoms with van der Waals surface area (Å²) in [6.07, 6.45) is 12.5. The highest BCUT2D eigenvalue weighted by molar-refractivity contribution is 9.10. The largest absolute Gasteiger partial charge is 0.368 e. The normalized spacial score (nSPS) is 21.3. The fourth-order valence-electron chi connectivity index (χ4n) is 3.21. The second-order valence-corrected chi connectivity index (χ2v) is 6.76. The molecule has 2 aromatic heterocycles. The molecule has 2 fully saturated rings. The Morgan fingerprint density at radius 1 is 1.42 bits per heavy atom. The molecular formula is C14H17BrN4. The summed E-state index contributed by atoms with van der Waals surface area (Å²) in [6.45, 7) is 1.06. The minimum atomic E-state index is 0.569. The number of nitrogens with zero attached hydrogens (tertiary/aromatic N) is 3. The van der Waals surface area contributed by atoms with E-state index in [1.54, 1.807) is 6.20 Å². The summed E-state index contributed by atoms with van der Waals surface area (Å²) in [5.41, 5.74) is 1.60. The van der Waals surface area contributed by atoms with Gasteiger partial charge < -0.3 is 5.32 Å². The highest BCUT2D eigenvalue weighted by atomic mass is 79.9. The average Bonchev–Trinajstić information content (AvgIpc) is 3.02. The summed E-state index contributed by atoms with van der Waals surface area (Å²) in [6, 6.07) is 0. The lowest BCUT2D eigenvalue weighted by atomic mass is 9.73. The maximum absolute atomic E-state index is 4.47. The van der Waals surface area contributed by atoms with E-state index in [9.17, 15) is 0 Å². The zero-order valence-electron chi connectivity index (χ0n) is 10.8. The van der Waals surface area contributed by atoms with Gasteiger partial charge in [-0.25, -0.2) is 9.50 Å². The summed E-state index contributed by atoms with van der Waals surface area (Å²) in [5, 5.41) is 7.86. The van der Waals surface area contributed by atoms with Gasteiger partial charge in [0.25, 0.3) is 0 Å². The second-order valence-electron chi connectivity index (χ2n) is 5.91. The minimum absolute atomic E-state index is 0.569. The van der Waals surface area contributed by atoms with Crippen LogP contribution in [0.3, 0.4) is 0 Å². The van der Waals surface area contributed by atoms with Crippen molar-refractivity contribution < 1.29 is 0 Å². The Morgan fingerprint density at radius 3 is 2.95 bits per heavy atom. The Balaban J connectivity index is 1.57. The molecule has 0 aliphatic heterocycles. The smallest absolute Gasteiger partial charge is 0.153 e. The molecule has 2 aromatic rings. The van der Waals surface area contributed by atoms with Crippen LogP contribution in [0.15, 0.2) is 23.1 Å². The molecule has 2 heterocycles. The lowest BCUT2D eigenvalue weighted by Crippen LogP contribution is -2.29. The molecule has 19 heavy (non-hydrogen) atoms. The number of hydrogen-bond donors (Lipinski definition) is 1. The zero-order chi connectivity index (χ0) is 12.9. The summed E-state index contributed by atoms with van der Waals surface area (Å²) < 4.78 is 2.86. The number of nitrogens with one attached hydrogen (secondary N) is 1. The van der Waals surface area contributed by atoms with Crippen LogP contribution in [0, 0.1) is 11.3 Å². The SMILES string of the molecule is Brc1cnn2ccnc(NCC3(C4CCC4)CC3)c12. The molecule has 100 valence electrons. The molecule has 0 aromatic carbocycles. The van der Waals surface area contributed by atoms with Crippen molar-refractivity contribution >= 4 is 27.3 Å². The Bertz CT molecular complexity index is 613. The monoisotopic (exact) mass is 320 g/mol. The number of anilines is 1. The van der Waals surface area contributed by atoms with E-state index in [-0.39, 0.29) is 0 Å². The van der Waals surface area contributed by atoms with Crippen LogP contribution in [-0.4, -0.2) is 21.1 Å². The van der Waals surface area contributed by atoms with Crippen LogP contribution in [0.5, 0.6) is 0 Å². The first-order chi connectivity index (χ1) is 9.28. The van der Waals surface area contributed by atoms with E-state index in [0.717, 1.165) is 28.3 Å². The van der Waals surface area contributed by atoms with Crippen molar-refractivity contribution in [3.05, 3.63) is 23.1 Å². The predicted octanol–water partition coefficient (Wildman–Crippen LogP) is 3.48. The van der Waals surface area contributed by atoms with Gasteiger partial charge in [0.15, 0.2) is 5.82 Å². The van der Waals surface area contributed by atoms with Gasteiger partial charge in [-0.2, -0.15) is 5.10 Å². The van der Waals surface area contributed by atoms with Gasteiger partial charge in [0.2, 0.25) is 0 Å². The first-order valence-electron chi connectivity index (χ1n) is 7.00. The van der Waals surface area contributed by atoms with Gasteiger partial charge in [-0.05, 0) is 52.9 Å². The molecule has 0 bridgehead atoms. The Kier molecular flexibility index (Phi) is 2.59. The summed E-state index contributed by atoms with van der Waals surface area (Å²) in [4.78, 5) is 4.47. The van der Waals surface area contributed by atoms with Crippen molar-refractivity contribution in [2.24, 2.45) is 11.3 Å². The lowest BCUT2D eigenvalue weighted by Gasteiger charge is -2.34. The average molecular weight is 321 g/mol. The molecule has 1 N–H and O–H groups in total. The number of hydrogen-bond acceptors (Lipinski definition) is 3. The Morgan fingerprint density at radius 2 is 2.26 bits per heavy atom. The molecule has 0 radical (unpaired) electrons. The van der Waals surface area contributed by atoms with Gasteiger partial charge in [-0.1, -0.05) is 6.42 Å². The Labute approximate surface area is 120 Å². The van der Waals surface area contributed by atoms with Crippen molar-refractivity contribution in [1.82, 2.24) is 14.6 Å². The fraction of sp³-hybridized carbons (Fsp3) is 0.571. The number of aromatic nitrogens is 3. The molecule has 5 heteroatoms. The molecule has 4 nitrogen and oxygen atoms in total. The van der Waals surface area contributed by atoms with Crippen molar-refractivity contribution in [2.45, 2.75) is 32.1 Å². The van der Waals surface area contributed by atoms with Crippen molar-refractivity contribution in [1.29, 1.82) is 0 Å². The molecule has 0 saturated heterocycles. The molecule has 0 amide bonds. The molecule has 2 aliphatic carbocycles. The zero-order valence-corrected chi connectivity index (χ0v) is 12.4. The van der Waals surface area contributed by atoms with Crippen LogP contribution in [0.2, 0.25) is 0 Å². The van der Waals surface area contributed by atoms with Crippen LogP contribution in [0.1, 0.15) is 32.1 Å². The van der Waals surface area contributed by atoms with Crippen molar-refractivity contribution in [3.63, 3.8) is 0 Å². The lowest BCUT2D eigenvalue weighted by molar-refractivity contribution is 0.195. The van der Waals surface area contributed by atoms with Crippen LogP contribution >= 0.6 is 15.9 Å². The molecule has 0 spiro atoms. The van der Waals surface area contributed by atoms with Crippen LogP contribution in [0.25, 0.3) is 5.52 Å². The molecule has 2 saturated carbocycles. The van der Waals surface area contributed by atoms with Gasteiger partial charge >= 0.3 is 0 Å². The van der Waals surface area contributed by atoms with Gasteiger partial charge in [0.1, 0.15) is 5.52 Å². The van der Waals surface area contributed by atoms with Crippen LogP contribution < -0.4 is 5.32 Å². The molecule has 2 aliphatic rings. The topological polar surface area (TPSA) is 42.2 Å². The second kappa shape index (κ2) is 4.20. The van der Waals surface area contributed by atoms with E-state index < -0.39 is 0 Å². The fourth-order valence-corrected chi connectivity index (χ4v) is 3.67. The van der Waals surface area contributed by atoms with E-state index in [2.05, 4.69) is 31.3 Å². The highest BCUT2D eigenvalue weighted by Gasteiger charge is 2.50. The molecule has 4 rings (SSSR count).